The SMILES string of the molecule is CCC(C)NC(=O)C(C)N(Cc1ccc(Cl)cc1)C(=O)CN(c1cc(Cl)cc(Cl)c1)S(=O)(=O)c1ccccc1. The molecule has 0 spiro atoms. The molecule has 0 aromatic heterocycles. The van der Waals surface area contributed by atoms with Crippen molar-refractivity contribution < 1.29 is 18.0 Å². The van der Waals surface area contributed by atoms with E-state index in [1.165, 1.54) is 35.2 Å². The van der Waals surface area contributed by atoms with Crippen LogP contribution in [0.3, 0.4) is 0 Å². The standard InChI is InChI=1S/C28H30Cl3N3O4S/c1-4-19(2)32-28(36)20(3)33(17-21-10-12-22(29)13-11-21)27(35)18-34(25-15-23(30)14-24(31)16-25)39(37,38)26-8-6-5-7-9-26/h5-16,19-20H,4,17-18H2,1-3H3,(H,32,36). The van der Waals surface area contributed by atoms with Gasteiger partial charge in [-0.05, 0) is 68.3 Å². The van der Waals surface area contributed by atoms with Crippen LogP contribution >= 0.6 is 34.8 Å². The zero-order valence-corrected chi connectivity index (χ0v) is 24.9. The van der Waals surface area contributed by atoms with Gasteiger partial charge in [-0.25, -0.2) is 8.42 Å². The van der Waals surface area contributed by atoms with Crippen LogP contribution in [0.4, 0.5) is 5.69 Å². The maximum atomic E-state index is 13.9. The number of benzene rings is 3. The summed E-state index contributed by atoms with van der Waals surface area (Å²) in [6, 6.07) is 17.9. The maximum absolute atomic E-state index is 13.9. The molecule has 3 rings (SSSR count). The maximum Gasteiger partial charge on any atom is 0.264 e. The molecule has 0 aliphatic heterocycles. The first-order valence-corrected chi connectivity index (χ1v) is 14.9. The fraction of sp³-hybridized carbons (Fsp3) is 0.286. The van der Waals surface area contributed by atoms with E-state index >= 15 is 0 Å². The number of amides is 2. The van der Waals surface area contributed by atoms with Crippen LogP contribution in [0.2, 0.25) is 15.1 Å². The van der Waals surface area contributed by atoms with Gasteiger partial charge < -0.3 is 10.2 Å². The van der Waals surface area contributed by atoms with Gasteiger partial charge in [0.2, 0.25) is 11.8 Å². The van der Waals surface area contributed by atoms with Gasteiger partial charge in [0.25, 0.3) is 10.0 Å². The van der Waals surface area contributed by atoms with Crippen molar-refractivity contribution in [1.29, 1.82) is 0 Å². The van der Waals surface area contributed by atoms with Crippen molar-refractivity contribution in [1.82, 2.24) is 10.2 Å². The quantitative estimate of drug-likeness (QED) is 0.281. The first-order valence-electron chi connectivity index (χ1n) is 12.3. The van der Waals surface area contributed by atoms with E-state index in [0.29, 0.717) is 11.4 Å². The summed E-state index contributed by atoms with van der Waals surface area (Å²) in [4.78, 5) is 28.3. The summed E-state index contributed by atoms with van der Waals surface area (Å²) in [5, 5.41) is 3.83. The van der Waals surface area contributed by atoms with Gasteiger partial charge in [-0.1, -0.05) is 72.1 Å². The molecular weight excluding hydrogens is 581 g/mol. The molecule has 7 nitrogen and oxygen atoms in total. The van der Waals surface area contributed by atoms with Crippen molar-refractivity contribution in [3.05, 3.63) is 93.4 Å². The van der Waals surface area contributed by atoms with E-state index in [4.69, 9.17) is 34.8 Å². The van der Waals surface area contributed by atoms with E-state index in [-0.39, 0.29) is 39.1 Å². The van der Waals surface area contributed by atoms with Crippen LogP contribution in [-0.2, 0) is 26.2 Å². The molecule has 2 atom stereocenters. The fourth-order valence-corrected chi connectivity index (χ4v) is 5.83. The molecule has 0 heterocycles. The first kappa shape index (κ1) is 30.8. The van der Waals surface area contributed by atoms with Crippen LogP contribution in [0.5, 0.6) is 0 Å². The molecule has 0 bridgehead atoms. The van der Waals surface area contributed by atoms with E-state index < -0.39 is 28.5 Å². The van der Waals surface area contributed by atoms with Crippen LogP contribution in [-0.4, -0.2) is 43.8 Å². The summed E-state index contributed by atoms with van der Waals surface area (Å²) in [6.07, 6.45) is 0.711. The predicted octanol–water partition coefficient (Wildman–Crippen LogP) is 6.17. The molecule has 3 aromatic rings. The Bertz CT molecular complexity index is 1380. The molecule has 39 heavy (non-hydrogen) atoms. The molecule has 0 radical (unpaired) electrons. The Kier molecular flexibility index (Phi) is 10.7. The Morgan fingerprint density at radius 1 is 0.872 bits per heavy atom. The molecule has 0 aliphatic rings. The van der Waals surface area contributed by atoms with Crippen LogP contribution in [0.15, 0.2) is 77.7 Å². The van der Waals surface area contributed by atoms with Crippen molar-refractivity contribution in [2.45, 2.75) is 50.7 Å². The van der Waals surface area contributed by atoms with Crippen molar-refractivity contribution in [2.24, 2.45) is 0 Å². The molecule has 0 saturated carbocycles. The average Bonchev–Trinajstić information content (AvgIpc) is 2.90. The molecule has 11 heteroatoms. The van der Waals surface area contributed by atoms with E-state index in [0.717, 1.165) is 9.87 Å². The second-order valence-electron chi connectivity index (χ2n) is 9.09. The lowest BCUT2D eigenvalue weighted by Gasteiger charge is -2.32. The number of rotatable bonds is 11. The van der Waals surface area contributed by atoms with Crippen LogP contribution < -0.4 is 9.62 Å². The summed E-state index contributed by atoms with van der Waals surface area (Å²) in [6.45, 7) is 4.88. The zero-order valence-electron chi connectivity index (χ0n) is 21.8. The molecule has 3 aromatic carbocycles. The Hall–Kier alpha value is -2.78. The topological polar surface area (TPSA) is 86.8 Å². The normalized spacial score (nSPS) is 12.9. The van der Waals surface area contributed by atoms with Gasteiger partial charge in [-0.15, -0.1) is 0 Å². The number of hydrogen-bond donors (Lipinski definition) is 1. The van der Waals surface area contributed by atoms with E-state index in [1.807, 2.05) is 13.8 Å². The third-order valence-corrected chi connectivity index (χ3v) is 8.66. The first-order chi connectivity index (χ1) is 18.4. The summed E-state index contributed by atoms with van der Waals surface area (Å²) < 4.78 is 28.5. The number of sulfonamides is 1. The fourth-order valence-electron chi connectivity index (χ4n) is 3.77. The van der Waals surface area contributed by atoms with Gasteiger partial charge in [0, 0.05) is 27.7 Å². The van der Waals surface area contributed by atoms with Crippen molar-refractivity contribution >= 4 is 62.3 Å². The minimum absolute atomic E-state index is 0.0132. The van der Waals surface area contributed by atoms with Gasteiger partial charge in [0.15, 0.2) is 0 Å². The highest BCUT2D eigenvalue weighted by Gasteiger charge is 2.33. The average molecular weight is 611 g/mol. The monoisotopic (exact) mass is 609 g/mol. The van der Waals surface area contributed by atoms with E-state index in [9.17, 15) is 18.0 Å². The van der Waals surface area contributed by atoms with E-state index in [2.05, 4.69) is 5.32 Å². The third-order valence-electron chi connectivity index (χ3n) is 6.18. The number of halogens is 3. The number of nitrogens with one attached hydrogen (secondary N) is 1. The lowest BCUT2D eigenvalue weighted by Crippen LogP contribution is -2.52. The van der Waals surface area contributed by atoms with Gasteiger partial charge in [0.1, 0.15) is 12.6 Å². The summed E-state index contributed by atoms with van der Waals surface area (Å²) in [7, 11) is -4.21. The largest absolute Gasteiger partial charge is 0.352 e. The van der Waals surface area contributed by atoms with Gasteiger partial charge in [-0.2, -0.15) is 0 Å². The second kappa shape index (κ2) is 13.5. The van der Waals surface area contributed by atoms with E-state index in [1.54, 1.807) is 49.4 Å². The lowest BCUT2D eigenvalue weighted by molar-refractivity contribution is -0.139. The van der Waals surface area contributed by atoms with Gasteiger partial charge >= 0.3 is 0 Å². The van der Waals surface area contributed by atoms with Crippen LogP contribution in [0.25, 0.3) is 0 Å². The van der Waals surface area contributed by atoms with Crippen molar-refractivity contribution in [2.75, 3.05) is 10.8 Å². The number of nitrogens with zero attached hydrogens (tertiary/aromatic N) is 2. The highest BCUT2D eigenvalue weighted by molar-refractivity contribution is 7.92. The highest BCUT2D eigenvalue weighted by Crippen LogP contribution is 2.30. The highest BCUT2D eigenvalue weighted by atomic mass is 35.5. The smallest absolute Gasteiger partial charge is 0.264 e. The molecule has 2 amide bonds. The number of hydrogen-bond acceptors (Lipinski definition) is 4. The van der Waals surface area contributed by atoms with Crippen LogP contribution in [0.1, 0.15) is 32.8 Å². The number of carbonyl (C=O) groups excluding carboxylic acids is 2. The zero-order chi connectivity index (χ0) is 28.7. The second-order valence-corrected chi connectivity index (χ2v) is 12.3. The molecule has 2 unspecified atom stereocenters. The predicted molar refractivity (Wildman–Crippen MR) is 157 cm³/mol. The third kappa shape index (κ3) is 8.11. The molecule has 1 N–H and O–H groups in total. The van der Waals surface area contributed by atoms with Gasteiger partial charge in [-0.3, -0.25) is 13.9 Å². The summed E-state index contributed by atoms with van der Waals surface area (Å²) in [5.74, 6) is -0.942. The van der Waals surface area contributed by atoms with Gasteiger partial charge in [0.05, 0.1) is 10.6 Å². The molecule has 208 valence electrons. The molecule has 0 saturated heterocycles. The Morgan fingerprint density at radius 3 is 2.03 bits per heavy atom. The Morgan fingerprint density at radius 2 is 1.46 bits per heavy atom. The molecule has 0 fully saturated rings. The van der Waals surface area contributed by atoms with Crippen LogP contribution in [0, 0.1) is 0 Å². The van der Waals surface area contributed by atoms with Crippen molar-refractivity contribution in [3.63, 3.8) is 0 Å². The minimum atomic E-state index is -4.21. The minimum Gasteiger partial charge on any atom is -0.352 e. The molecule has 0 aliphatic carbocycles. The number of carbonyl (C=O) groups is 2. The number of anilines is 1. The Labute approximate surface area is 244 Å². The van der Waals surface area contributed by atoms with Crippen molar-refractivity contribution in [3.8, 4) is 0 Å². The lowest BCUT2D eigenvalue weighted by atomic mass is 10.1. The summed E-state index contributed by atoms with van der Waals surface area (Å²) in [5.41, 5.74) is 0.840. The Balaban J connectivity index is 2.04. The summed E-state index contributed by atoms with van der Waals surface area (Å²) >= 11 is 18.4. The molecular formula is C28H30Cl3N3O4S.